The van der Waals surface area contributed by atoms with Crippen LogP contribution in [0.15, 0.2) is 153 Å². The Labute approximate surface area is 527 Å². The number of fused-ring (bicyclic) bond motifs is 3. The highest BCUT2D eigenvalue weighted by molar-refractivity contribution is 7.86. The SMILES string of the molecule is [2H]c1c([2H])c(OC2=C(C=CC3=[N+](CCCCS(=O)(=O)O)c4ccc(S(=O)(=O)O)cc4C3(C)C)CCCC2=CC=C2N(CCCCS(=O)(=O)O)c3ccc(S(=O)[O-])cc3C2(C)C)c([2H])c([2H])c1C[C@H](NC(=O)c1ccc(NCc2cnc3nc(N)[nH]c(=O)c3n2)cc1)C(=O)O. The minimum atomic E-state index is -4.68. The summed E-state index contributed by atoms with van der Waals surface area (Å²) in [6.07, 6.45) is 9.34. The van der Waals surface area contributed by atoms with Gasteiger partial charge in [-0.2, -0.15) is 34.8 Å². The molecule has 2 atom stereocenters. The normalized spacial score (nSPS) is 17.9. The lowest BCUT2D eigenvalue weighted by Gasteiger charge is -2.27. The van der Waals surface area contributed by atoms with Crippen molar-refractivity contribution in [1.82, 2.24) is 25.3 Å². The van der Waals surface area contributed by atoms with Gasteiger partial charge in [-0.1, -0.05) is 32.0 Å². The third-order valence-corrected chi connectivity index (χ3v) is 18.7. The molecule has 2 aliphatic heterocycles. The highest BCUT2D eigenvalue weighted by Gasteiger charge is 2.45. The minimum Gasteiger partial charge on any atom is -0.768 e. The van der Waals surface area contributed by atoms with Gasteiger partial charge in [0.2, 0.25) is 11.6 Å². The first-order chi connectivity index (χ1) is 44.0. The molecule has 1 amide bonds. The summed E-state index contributed by atoms with van der Waals surface area (Å²) in [5.41, 5.74) is 8.07. The Hall–Kier alpha value is -8.29. The Morgan fingerprint density at radius 3 is 2.26 bits per heavy atom. The van der Waals surface area contributed by atoms with Gasteiger partial charge in [-0.3, -0.25) is 32.4 Å². The van der Waals surface area contributed by atoms with E-state index in [2.05, 4.69) is 30.6 Å². The molecule has 4 heterocycles. The molecule has 4 aromatic carbocycles. The third-order valence-electron chi connectivity index (χ3n) is 15.6. The average Bonchev–Trinajstić information content (AvgIpc) is 1.58. The molecule has 9 N–H and O–H groups in total. The number of amides is 1. The number of rotatable bonds is 25. The Morgan fingerprint density at radius 2 is 1.59 bits per heavy atom. The summed E-state index contributed by atoms with van der Waals surface area (Å²) < 4.78 is 171. The molecule has 6 aromatic rings. The molecular formula is C61H67N9O16S4. The van der Waals surface area contributed by atoms with E-state index in [-0.39, 0.29) is 95.5 Å². The van der Waals surface area contributed by atoms with Gasteiger partial charge in [-0.25, -0.2) is 14.8 Å². The van der Waals surface area contributed by atoms with Crippen molar-refractivity contribution in [2.24, 2.45) is 0 Å². The monoisotopic (exact) mass is 1310 g/mol. The molecule has 1 aliphatic carbocycles. The number of carbonyl (C=O) groups excluding carboxylic acids is 1. The number of unbranched alkanes of at least 4 members (excludes halogenated alkanes) is 2. The zero-order valence-corrected chi connectivity index (χ0v) is 52.3. The number of nitrogens with zero attached hydrogens (tertiary/aromatic N) is 5. The lowest BCUT2D eigenvalue weighted by molar-refractivity contribution is -0.438. The first-order valence-corrected chi connectivity index (χ1v) is 33.9. The first-order valence-electron chi connectivity index (χ1n) is 30.2. The number of aromatic nitrogens is 4. The van der Waals surface area contributed by atoms with Crippen molar-refractivity contribution in [3.8, 4) is 5.75 Å². The number of carbonyl (C=O) groups is 2. The van der Waals surface area contributed by atoms with E-state index in [0.717, 1.165) is 0 Å². The van der Waals surface area contributed by atoms with Crippen molar-refractivity contribution < 1.29 is 77.2 Å². The number of hydrogen-bond donors (Lipinski definition) is 8. The van der Waals surface area contributed by atoms with E-state index in [9.17, 15) is 72.6 Å². The fraction of sp³-hybridized carbons (Fsp3) is 0.328. The molecule has 0 bridgehead atoms. The van der Waals surface area contributed by atoms with Gasteiger partial charge in [0.25, 0.3) is 41.8 Å². The predicted octanol–water partition coefficient (Wildman–Crippen LogP) is 7.21. The number of hydrogen-bond acceptors (Lipinski definition) is 18. The average molecular weight is 1310 g/mol. The van der Waals surface area contributed by atoms with Crippen LogP contribution in [0.5, 0.6) is 5.75 Å². The lowest BCUT2D eigenvalue weighted by Crippen LogP contribution is -2.42. The first kappa shape index (κ1) is 60.6. The van der Waals surface area contributed by atoms with Crippen LogP contribution in [0.25, 0.3) is 11.2 Å². The van der Waals surface area contributed by atoms with Crippen molar-refractivity contribution in [2.45, 2.75) is 112 Å². The maximum absolute atomic E-state index is 13.6. The number of nitrogen functional groups attached to an aromatic ring is 1. The van der Waals surface area contributed by atoms with Gasteiger partial charge in [0, 0.05) is 70.0 Å². The van der Waals surface area contributed by atoms with Crippen molar-refractivity contribution in [2.75, 3.05) is 40.5 Å². The van der Waals surface area contributed by atoms with E-state index in [1.165, 1.54) is 54.7 Å². The summed E-state index contributed by atoms with van der Waals surface area (Å²) in [4.78, 5) is 55.1. The second-order valence-electron chi connectivity index (χ2n) is 22.7. The quantitative estimate of drug-likeness (QED) is 0.0121. The number of aromatic amines is 1. The van der Waals surface area contributed by atoms with Crippen LogP contribution < -0.4 is 31.6 Å². The van der Waals surface area contributed by atoms with Gasteiger partial charge >= 0.3 is 5.97 Å². The summed E-state index contributed by atoms with van der Waals surface area (Å²) >= 11 is -2.60. The number of allylic oxidation sites excluding steroid dienone is 7. The van der Waals surface area contributed by atoms with Crippen LogP contribution in [0, 0.1) is 0 Å². The van der Waals surface area contributed by atoms with Gasteiger partial charge in [-0.05, 0) is 165 Å². The zero-order chi connectivity index (χ0) is 68.6. The Bertz CT molecular complexity index is 4660. The molecule has 29 heteroatoms. The van der Waals surface area contributed by atoms with E-state index in [4.69, 9.17) is 10.5 Å². The van der Waals surface area contributed by atoms with Gasteiger partial charge in [0.05, 0.1) is 45.7 Å². The standard InChI is InChI=1S/C61H67N9O16S4/c1-60(2)46-33-44(87(75)76)22-24-49(46)69(28-5-7-30-88(77,78)79)51(60)26-16-38-10-9-11-39(17-27-52-61(3,4)47-34-45(90(83,84)85)23-25-50(47)70(52)29-6-8-31-89(80,81)82)54(38)86-43-20-12-37(13-21-43)32-48(58(73)74)66-56(71)40-14-18-41(19-15-40)63-35-42-36-64-55-53(65-42)57(72)68-59(62)67-55/h12-27,33-34,36,48H,5-11,28-32,35H2,1-4H3,(H9-,62,63,64,66,67,68,71,72,73,74,75,76,77,78,79,80,81,82,83,84,85)/t48-/m0/s1/i12D,13D,20D,21D. The van der Waals surface area contributed by atoms with E-state index in [1.54, 1.807) is 36.4 Å². The molecule has 9 rings (SSSR count). The van der Waals surface area contributed by atoms with Crippen molar-refractivity contribution in [1.29, 1.82) is 0 Å². The molecule has 0 fully saturated rings. The van der Waals surface area contributed by atoms with Crippen LogP contribution in [0.4, 0.5) is 23.0 Å². The van der Waals surface area contributed by atoms with Gasteiger partial charge in [-0.15, -0.1) is 0 Å². The molecule has 0 saturated carbocycles. The third kappa shape index (κ3) is 15.6. The number of benzene rings is 4. The number of anilines is 3. The summed E-state index contributed by atoms with van der Waals surface area (Å²) in [5, 5.41) is 15.9. The number of aliphatic carboxylic acids is 1. The van der Waals surface area contributed by atoms with Gasteiger partial charge in [0.1, 0.15) is 24.1 Å². The fourth-order valence-corrected chi connectivity index (χ4v) is 13.1. The molecule has 25 nitrogen and oxygen atoms in total. The number of carboxylic acid groups (broad SMARTS) is 1. The van der Waals surface area contributed by atoms with E-state index in [1.807, 2.05) is 37.2 Å². The molecule has 0 saturated heterocycles. The van der Waals surface area contributed by atoms with Crippen LogP contribution in [-0.4, -0.2) is 126 Å². The largest absolute Gasteiger partial charge is 0.768 e. The van der Waals surface area contributed by atoms with E-state index < -0.39 is 124 Å². The van der Waals surface area contributed by atoms with Crippen molar-refractivity contribution in [3.63, 3.8) is 0 Å². The summed E-state index contributed by atoms with van der Waals surface area (Å²) in [5.74, 6) is -4.04. The van der Waals surface area contributed by atoms with E-state index in [0.29, 0.717) is 69.3 Å². The second-order valence-corrected chi connectivity index (χ2v) is 28.2. The molecule has 1 unspecified atom stereocenters. The number of ether oxygens (including phenoxy) is 1. The lowest BCUT2D eigenvalue weighted by atomic mass is 9.81. The number of carboxylic acids is 1. The maximum atomic E-state index is 13.6. The topological polar surface area (TPSA) is 395 Å². The minimum absolute atomic E-state index is 0.0193. The molecule has 90 heavy (non-hydrogen) atoms. The van der Waals surface area contributed by atoms with Crippen LogP contribution in [0.1, 0.15) is 111 Å². The van der Waals surface area contributed by atoms with Crippen molar-refractivity contribution >= 4 is 93.2 Å². The molecular weight excluding hydrogens is 1240 g/mol. The number of nitrogens with one attached hydrogen (secondary N) is 3. The summed E-state index contributed by atoms with van der Waals surface area (Å²) in [6.45, 7) is 7.86. The van der Waals surface area contributed by atoms with Crippen molar-refractivity contribution in [3.05, 3.63) is 176 Å². The van der Waals surface area contributed by atoms with E-state index >= 15 is 0 Å². The molecule has 2 aromatic heterocycles. The predicted molar refractivity (Wildman–Crippen MR) is 336 cm³/mol. The smallest absolute Gasteiger partial charge is 0.326 e. The highest BCUT2D eigenvalue weighted by Crippen LogP contribution is 2.49. The molecule has 0 spiro atoms. The molecule has 476 valence electrons. The van der Waals surface area contributed by atoms with Crippen LogP contribution in [-0.2, 0) is 70.0 Å². The Balaban J connectivity index is 1.08. The second kappa shape index (κ2) is 26.7. The van der Waals surface area contributed by atoms with Crippen LogP contribution in [0.2, 0.25) is 0 Å². The molecule has 3 aliphatic rings. The summed E-state index contributed by atoms with van der Waals surface area (Å²) in [7, 11) is -13.3. The van der Waals surface area contributed by atoms with Crippen LogP contribution >= 0.6 is 0 Å². The Morgan fingerprint density at radius 1 is 0.889 bits per heavy atom. The maximum Gasteiger partial charge on any atom is 0.326 e. The molecule has 0 radical (unpaired) electrons. The van der Waals surface area contributed by atoms with Gasteiger partial charge < -0.3 is 35.7 Å². The number of H-pyrrole nitrogens is 1. The zero-order valence-electron chi connectivity index (χ0n) is 53.1. The van der Waals surface area contributed by atoms with Crippen LogP contribution in [0.3, 0.4) is 0 Å². The van der Waals surface area contributed by atoms with Gasteiger partial charge in [0.15, 0.2) is 16.9 Å². The summed E-state index contributed by atoms with van der Waals surface area (Å²) in [6, 6.07) is 10.0. The fourth-order valence-electron chi connectivity index (χ4n) is 11.1. The number of nitrogens with two attached hydrogens (primary N) is 1. The highest BCUT2D eigenvalue weighted by atomic mass is 32.2. The Kier molecular flexibility index (Phi) is 17.9.